The molecule has 1 aliphatic carbocycles. The molecule has 1 aromatic carbocycles. The van der Waals surface area contributed by atoms with Crippen LogP contribution < -0.4 is 5.32 Å². The molecule has 3 nitrogen and oxygen atoms in total. The first-order chi connectivity index (χ1) is 9.97. The van der Waals surface area contributed by atoms with E-state index in [1.165, 1.54) is 6.07 Å². The standard InChI is InChI=1S/C17H19FN2O/c1-10-8-13(6-7-15(10)18)19-17(21)16-11(2)20(3)9-14(16)12-4-5-12/h6-9,12H,4-5H2,1-3H3,(H,19,21). The number of halogens is 1. The zero-order chi connectivity index (χ0) is 15.1. The second kappa shape index (κ2) is 5.02. The predicted octanol–water partition coefficient (Wildman–Crippen LogP) is 3.91. The third kappa shape index (κ3) is 2.58. The fourth-order valence-electron chi connectivity index (χ4n) is 2.67. The molecule has 1 N–H and O–H groups in total. The highest BCUT2D eigenvalue weighted by atomic mass is 19.1. The summed E-state index contributed by atoms with van der Waals surface area (Å²) in [6.07, 6.45) is 4.36. The van der Waals surface area contributed by atoms with E-state index in [1.807, 2.05) is 18.5 Å². The third-order valence-electron chi connectivity index (χ3n) is 4.17. The monoisotopic (exact) mass is 286 g/mol. The molecule has 2 aromatic rings. The maximum atomic E-state index is 13.3. The number of carbonyl (C=O) groups is 1. The Morgan fingerprint density at radius 3 is 2.67 bits per heavy atom. The molecule has 1 heterocycles. The van der Waals surface area contributed by atoms with Crippen LogP contribution in [0.3, 0.4) is 0 Å². The van der Waals surface area contributed by atoms with E-state index in [0.717, 1.165) is 29.7 Å². The van der Waals surface area contributed by atoms with Gasteiger partial charge in [0.2, 0.25) is 0 Å². The molecule has 0 spiro atoms. The number of aromatic nitrogens is 1. The minimum absolute atomic E-state index is 0.110. The highest BCUT2D eigenvalue weighted by Gasteiger charge is 2.31. The Morgan fingerprint density at radius 2 is 2.05 bits per heavy atom. The summed E-state index contributed by atoms with van der Waals surface area (Å²) < 4.78 is 15.3. The summed E-state index contributed by atoms with van der Waals surface area (Å²) in [5, 5.41) is 2.88. The number of rotatable bonds is 3. The van der Waals surface area contributed by atoms with Crippen LogP contribution in [0.25, 0.3) is 0 Å². The number of carbonyl (C=O) groups excluding carboxylic acids is 1. The molecule has 110 valence electrons. The highest BCUT2D eigenvalue weighted by Crippen LogP contribution is 2.43. The number of hydrogen-bond donors (Lipinski definition) is 1. The van der Waals surface area contributed by atoms with Gasteiger partial charge in [0.05, 0.1) is 5.56 Å². The highest BCUT2D eigenvalue weighted by molar-refractivity contribution is 6.06. The summed E-state index contributed by atoms with van der Waals surface area (Å²) >= 11 is 0. The maximum absolute atomic E-state index is 13.3. The lowest BCUT2D eigenvalue weighted by Gasteiger charge is -2.08. The van der Waals surface area contributed by atoms with Gasteiger partial charge in [0.25, 0.3) is 5.91 Å². The van der Waals surface area contributed by atoms with Crippen LogP contribution in [-0.2, 0) is 7.05 Å². The Labute approximate surface area is 123 Å². The molecule has 1 aromatic heterocycles. The molecular formula is C17H19FN2O. The lowest BCUT2D eigenvalue weighted by atomic mass is 10.1. The van der Waals surface area contributed by atoms with Crippen LogP contribution in [0.2, 0.25) is 0 Å². The van der Waals surface area contributed by atoms with E-state index in [4.69, 9.17) is 0 Å². The van der Waals surface area contributed by atoms with Gasteiger partial charge in [-0.2, -0.15) is 0 Å². The van der Waals surface area contributed by atoms with Gasteiger partial charge in [-0.3, -0.25) is 4.79 Å². The first-order valence-corrected chi connectivity index (χ1v) is 7.20. The largest absolute Gasteiger partial charge is 0.354 e. The Morgan fingerprint density at radius 1 is 1.33 bits per heavy atom. The van der Waals surface area contributed by atoms with Gasteiger partial charge in [-0.25, -0.2) is 4.39 Å². The minimum atomic E-state index is -0.262. The fourth-order valence-corrected chi connectivity index (χ4v) is 2.67. The summed E-state index contributed by atoms with van der Waals surface area (Å²) in [7, 11) is 1.96. The first kappa shape index (κ1) is 13.9. The van der Waals surface area contributed by atoms with Crippen molar-refractivity contribution in [2.75, 3.05) is 5.32 Å². The Balaban J connectivity index is 1.90. The predicted molar refractivity (Wildman–Crippen MR) is 81.2 cm³/mol. The second-order valence-corrected chi connectivity index (χ2v) is 5.85. The number of anilines is 1. The maximum Gasteiger partial charge on any atom is 0.257 e. The molecular weight excluding hydrogens is 267 g/mol. The number of aryl methyl sites for hydroxylation is 2. The van der Waals surface area contributed by atoms with E-state index in [2.05, 4.69) is 11.5 Å². The van der Waals surface area contributed by atoms with Crippen LogP contribution in [0, 0.1) is 19.7 Å². The van der Waals surface area contributed by atoms with Gasteiger partial charge >= 0.3 is 0 Å². The van der Waals surface area contributed by atoms with Crippen molar-refractivity contribution in [2.45, 2.75) is 32.6 Å². The molecule has 0 bridgehead atoms. The van der Waals surface area contributed by atoms with Crippen molar-refractivity contribution in [3.8, 4) is 0 Å². The fraction of sp³-hybridized carbons (Fsp3) is 0.353. The molecule has 0 unspecified atom stereocenters. The first-order valence-electron chi connectivity index (χ1n) is 7.20. The van der Waals surface area contributed by atoms with Crippen molar-refractivity contribution in [1.82, 2.24) is 4.57 Å². The summed E-state index contributed by atoms with van der Waals surface area (Å²) in [5.41, 5.74) is 4.02. The lowest BCUT2D eigenvalue weighted by Crippen LogP contribution is -2.14. The van der Waals surface area contributed by atoms with Crippen LogP contribution in [0.4, 0.5) is 10.1 Å². The van der Waals surface area contributed by atoms with Crippen molar-refractivity contribution < 1.29 is 9.18 Å². The Kier molecular flexibility index (Phi) is 3.32. The smallest absolute Gasteiger partial charge is 0.257 e. The zero-order valence-corrected chi connectivity index (χ0v) is 12.5. The molecule has 0 radical (unpaired) electrons. The van der Waals surface area contributed by atoms with E-state index in [0.29, 0.717) is 17.2 Å². The summed E-state index contributed by atoms with van der Waals surface area (Å²) in [4.78, 5) is 12.6. The van der Waals surface area contributed by atoms with E-state index in [1.54, 1.807) is 19.1 Å². The van der Waals surface area contributed by atoms with Gasteiger partial charge in [-0.15, -0.1) is 0 Å². The summed E-state index contributed by atoms with van der Waals surface area (Å²) in [6, 6.07) is 4.63. The van der Waals surface area contributed by atoms with Crippen molar-refractivity contribution in [3.63, 3.8) is 0 Å². The van der Waals surface area contributed by atoms with E-state index in [9.17, 15) is 9.18 Å². The Bertz CT molecular complexity index is 714. The van der Waals surface area contributed by atoms with Gasteiger partial charge in [-0.1, -0.05) is 0 Å². The molecule has 4 heteroatoms. The molecule has 21 heavy (non-hydrogen) atoms. The molecule has 0 saturated heterocycles. The van der Waals surface area contributed by atoms with Gasteiger partial charge in [0, 0.05) is 24.6 Å². The second-order valence-electron chi connectivity index (χ2n) is 5.85. The number of benzene rings is 1. The van der Waals surface area contributed by atoms with Crippen LogP contribution in [0.1, 0.15) is 45.9 Å². The van der Waals surface area contributed by atoms with Gasteiger partial charge in [-0.05, 0) is 61.9 Å². The lowest BCUT2D eigenvalue weighted by molar-refractivity contribution is 0.102. The molecule has 3 rings (SSSR count). The molecule has 1 aliphatic rings. The van der Waals surface area contributed by atoms with Crippen LogP contribution in [0.15, 0.2) is 24.4 Å². The van der Waals surface area contributed by atoms with E-state index < -0.39 is 0 Å². The van der Waals surface area contributed by atoms with E-state index >= 15 is 0 Å². The van der Waals surface area contributed by atoms with Gasteiger partial charge in [0.15, 0.2) is 0 Å². The summed E-state index contributed by atoms with van der Waals surface area (Å²) in [5.74, 6) is 0.143. The van der Waals surface area contributed by atoms with E-state index in [-0.39, 0.29) is 11.7 Å². The van der Waals surface area contributed by atoms with Crippen LogP contribution >= 0.6 is 0 Å². The SMILES string of the molecule is Cc1cc(NC(=O)c2c(C3CC3)cn(C)c2C)ccc1F. The molecule has 1 saturated carbocycles. The number of hydrogen-bond acceptors (Lipinski definition) is 1. The van der Waals surface area contributed by atoms with Gasteiger partial charge < -0.3 is 9.88 Å². The molecule has 1 amide bonds. The van der Waals surface area contributed by atoms with Crippen LogP contribution in [-0.4, -0.2) is 10.5 Å². The normalized spacial score (nSPS) is 14.3. The molecule has 0 atom stereocenters. The summed E-state index contributed by atoms with van der Waals surface area (Å²) in [6.45, 7) is 3.64. The quantitative estimate of drug-likeness (QED) is 0.912. The average Bonchev–Trinajstić information content (AvgIpc) is 3.22. The molecule has 1 fully saturated rings. The zero-order valence-electron chi connectivity index (χ0n) is 12.5. The van der Waals surface area contributed by atoms with Crippen molar-refractivity contribution >= 4 is 11.6 Å². The van der Waals surface area contributed by atoms with Crippen molar-refractivity contribution in [2.24, 2.45) is 7.05 Å². The minimum Gasteiger partial charge on any atom is -0.354 e. The molecule has 0 aliphatic heterocycles. The topological polar surface area (TPSA) is 34.0 Å². The number of nitrogens with one attached hydrogen (secondary N) is 1. The van der Waals surface area contributed by atoms with Crippen LogP contribution in [0.5, 0.6) is 0 Å². The van der Waals surface area contributed by atoms with Gasteiger partial charge in [0.1, 0.15) is 5.82 Å². The third-order valence-corrected chi connectivity index (χ3v) is 4.17. The average molecular weight is 286 g/mol. The number of amides is 1. The van der Waals surface area contributed by atoms with Crippen molar-refractivity contribution in [3.05, 3.63) is 52.6 Å². The number of nitrogens with zero attached hydrogens (tertiary/aromatic N) is 1. The van der Waals surface area contributed by atoms with Crippen molar-refractivity contribution in [1.29, 1.82) is 0 Å². The Hall–Kier alpha value is -2.10.